The van der Waals surface area contributed by atoms with E-state index in [0.717, 1.165) is 0 Å². The number of carbonyl (C=O) groups excluding carboxylic acids is 1. The lowest BCUT2D eigenvalue weighted by molar-refractivity contribution is -0.128. The monoisotopic (exact) mass is 339 g/mol. The molecule has 2 aromatic carbocycles. The Morgan fingerprint density at radius 1 is 0.960 bits per heavy atom. The van der Waals surface area contributed by atoms with Gasteiger partial charge in [0.2, 0.25) is 5.91 Å². The third kappa shape index (κ3) is 4.30. The molecule has 0 spiro atoms. The number of amides is 1. The number of nitrogens with one attached hydrogen (secondary N) is 2. The molecule has 0 bridgehead atoms. The molecule has 0 aliphatic heterocycles. The van der Waals surface area contributed by atoms with Gasteiger partial charge >= 0.3 is 5.97 Å². The zero-order valence-corrected chi connectivity index (χ0v) is 13.2. The summed E-state index contributed by atoms with van der Waals surface area (Å²) in [5, 5.41) is 26.1. The van der Waals surface area contributed by atoms with E-state index in [1.54, 1.807) is 30.3 Å². The topological polar surface area (TPSA) is 136 Å². The van der Waals surface area contributed by atoms with Crippen LogP contribution in [0.5, 0.6) is 0 Å². The van der Waals surface area contributed by atoms with Crippen molar-refractivity contribution >= 4 is 23.3 Å². The number of carboxylic acid groups (broad SMARTS) is 1. The third-order valence-corrected chi connectivity index (χ3v) is 3.59. The van der Waals surface area contributed by atoms with E-state index in [4.69, 9.17) is 21.5 Å². The van der Waals surface area contributed by atoms with E-state index in [1.807, 2.05) is 0 Å². The first-order chi connectivity index (χ1) is 11.9. The van der Waals surface area contributed by atoms with Gasteiger partial charge in [0.1, 0.15) is 0 Å². The Hall–Kier alpha value is -3.45. The number of carboxylic acids is 1. The highest BCUT2D eigenvalue weighted by Crippen LogP contribution is 2.21. The molecule has 0 aromatic heterocycles. The van der Waals surface area contributed by atoms with Gasteiger partial charge < -0.3 is 10.8 Å². The van der Waals surface area contributed by atoms with E-state index in [0.29, 0.717) is 11.1 Å². The van der Waals surface area contributed by atoms with Crippen molar-refractivity contribution in [2.75, 3.05) is 0 Å². The second-order valence-corrected chi connectivity index (χ2v) is 5.23. The molecular formula is C18H17N3O4. The maximum atomic E-state index is 11.6. The van der Waals surface area contributed by atoms with Crippen molar-refractivity contribution in [3.8, 4) is 0 Å². The van der Waals surface area contributed by atoms with Crippen molar-refractivity contribution in [2.45, 2.75) is 6.42 Å². The minimum Gasteiger partial charge on any atom is -0.478 e. The van der Waals surface area contributed by atoms with Crippen LogP contribution in [0, 0.1) is 5.41 Å². The molecule has 2 aromatic rings. The maximum Gasteiger partial charge on any atom is 0.335 e. The molecule has 0 saturated carbocycles. The molecule has 0 radical (unpaired) electrons. The summed E-state index contributed by atoms with van der Waals surface area (Å²) >= 11 is 0. The van der Waals surface area contributed by atoms with Crippen LogP contribution in [-0.2, 0) is 4.79 Å². The van der Waals surface area contributed by atoms with Gasteiger partial charge in [0.25, 0.3) is 0 Å². The normalized spacial score (nSPS) is 11.4. The summed E-state index contributed by atoms with van der Waals surface area (Å²) in [6, 6.07) is 14.5. The molecule has 7 nitrogen and oxygen atoms in total. The van der Waals surface area contributed by atoms with Gasteiger partial charge in [-0.05, 0) is 23.3 Å². The molecule has 0 atom stereocenters. The van der Waals surface area contributed by atoms with Crippen LogP contribution in [0.2, 0.25) is 0 Å². The molecule has 0 fully saturated rings. The summed E-state index contributed by atoms with van der Waals surface area (Å²) in [7, 11) is 0. The largest absolute Gasteiger partial charge is 0.478 e. The first-order valence-electron chi connectivity index (χ1n) is 7.33. The Balaban J connectivity index is 2.48. The smallest absolute Gasteiger partial charge is 0.335 e. The van der Waals surface area contributed by atoms with Crippen LogP contribution >= 0.6 is 0 Å². The van der Waals surface area contributed by atoms with Crippen LogP contribution in [0.15, 0.2) is 60.2 Å². The maximum absolute atomic E-state index is 11.6. The van der Waals surface area contributed by atoms with E-state index < -0.39 is 11.9 Å². The molecule has 0 aliphatic rings. The van der Waals surface area contributed by atoms with E-state index >= 15 is 0 Å². The van der Waals surface area contributed by atoms with Crippen LogP contribution in [0.25, 0.3) is 5.70 Å². The predicted molar refractivity (Wildman–Crippen MR) is 92.3 cm³/mol. The fourth-order valence-electron chi connectivity index (χ4n) is 2.26. The van der Waals surface area contributed by atoms with Gasteiger partial charge in [0.05, 0.1) is 17.7 Å². The van der Waals surface area contributed by atoms with Gasteiger partial charge in [0.15, 0.2) is 0 Å². The summed E-state index contributed by atoms with van der Waals surface area (Å²) in [4.78, 5) is 22.5. The lowest BCUT2D eigenvalue weighted by Crippen LogP contribution is -2.23. The Labute approximate surface area is 143 Å². The van der Waals surface area contributed by atoms with E-state index in [1.165, 1.54) is 29.7 Å². The fraction of sp³-hybridized carbons (Fsp3) is 0.0556. The lowest BCUT2D eigenvalue weighted by atomic mass is 9.95. The number of benzene rings is 2. The van der Waals surface area contributed by atoms with Gasteiger partial charge in [-0.1, -0.05) is 42.5 Å². The molecular weight excluding hydrogens is 322 g/mol. The quantitative estimate of drug-likeness (QED) is 0.311. The first kappa shape index (κ1) is 17.9. The predicted octanol–water partition coefficient (Wildman–Crippen LogP) is 2.02. The standard InChI is InChI=1S/C18H17N3O4/c19-16(11-4-2-1-3-5-11)14(10-15(22)21-25)17(20)12-6-8-13(9-7-12)18(23)24/h1-9,19,25H,10,20H2,(H,21,22)(H,23,24). The highest BCUT2D eigenvalue weighted by molar-refractivity contribution is 6.16. The number of aromatic carboxylic acids is 1. The van der Waals surface area contributed by atoms with Crippen molar-refractivity contribution in [1.29, 1.82) is 5.41 Å². The molecule has 1 amide bonds. The third-order valence-electron chi connectivity index (χ3n) is 3.59. The first-order valence-corrected chi connectivity index (χ1v) is 7.33. The molecule has 128 valence electrons. The fourth-order valence-corrected chi connectivity index (χ4v) is 2.26. The van der Waals surface area contributed by atoms with Gasteiger partial charge in [-0.25, -0.2) is 10.3 Å². The molecule has 0 heterocycles. The molecule has 7 heteroatoms. The zero-order valence-electron chi connectivity index (χ0n) is 13.2. The molecule has 0 saturated heterocycles. The van der Waals surface area contributed by atoms with Crippen molar-refractivity contribution in [3.05, 3.63) is 76.9 Å². The number of carbonyl (C=O) groups is 2. The Bertz CT molecular complexity index is 827. The van der Waals surface area contributed by atoms with Crippen molar-refractivity contribution in [3.63, 3.8) is 0 Å². The van der Waals surface area contributed by atoms with Crippen molar-refractivity contribution < 1.29 is 19.9 Å². The highest BCUT2D eigenvalue weighted by atomic mass is 16.5. The van der Waals surface area contributed by atoms with Gasteiger partial charge in [-0.15, -0.1) is 0 Å². The van der Waals surface area contributed by atoms with Crippen molar-refractivity contribution in [2.24, 2.45) is 5.73 Å². The van der Waals surface area contributed by atoms with Crippen molar-refractivity contribution in [1.82, 2.24) is 5.48 Å². The van der Waals surface area contributed by atoms with Crippen LogP contribution in [0.3, 0.4) is 0 Å². The number of hydrogen-bond acceptors (Lipinski definition) is 5. The second-order valence-electron chi connectivity index (χ2n) is 5.23. The van der Waals surface area contributed by atoms with Gasteiger partial charge in [-0.2, -0.15) is 0 Å². The second kappa shape index (κ2) is 7.89. The Kier molecular flexibility index (Phi) is 5.65. The SMILES string of the molecule is N=C(C(CC(=O)NO)=C(N)c1ccc(C(=O)O)cc1)c1ccccc1. The summed E-state index contributed by atoms with van der Waals surface area (Å²) in [5.74, 6) is -1.77. The number of rotatable bonds is 6. The molecule has 0 unspecified atom stereocenters. The Morgan fingerprint density at radius 3 is 2.04 bits per heavy atom. The molecule has 2 rings (SSSR count). The average molecular weight is 339 g/mol. The average Bonchev–Trinajstić information content (AvgIpc) is 2.65. The number of nitrogens with two attached hydrogens (primary N) is 1. The number of hydrogen-bond donors (Lipinski definition) is 5. The van der Waals surface area contributed by atoms with E-state index in [9.17, 15) is 9.59 Å². The minimum atomic E-state index is -1.06. The van der Waals surface area contributed by atoms with E-state index in [-0.39, 0.29) is 29.0 Å². The van der Waals surface area contributed by atoms with Crippen LogP contribution in [0.4, 0.5) is 0 Å². The molecule has 0 aliphatic carbocycles. The lowest BCUT2D eigenvalue weighted by Gasteiger charge is -2.13. The Morgan fingerprint density at radius 2 is 1.52 bits per heavy atom. The summed E-state index contributed by atoms with van der Waals surface area (Å²) in [6.07, 6.45) is -0.295. The summed E-state index contributed by atoms with van der Waals surface area (Å²) in [6.45, 7) is 0. The zero-order chi connectivity index (χ0) is 18.4. The van der Waals surface area contributed by atoms with Gasteiger partial charge in [0, 0.05) is 11.3 Å². The van der Waals surface area contributed by atoms with E-state index in [2.05, 4.69) is 0 Å². The highest BCUT2D eigenvalue weighted by Gasteiger charge is 2.17. The molecule has 6 N–H and O–H groups in total. The number of hydroxylamine groups is 1. The van der Waals surface area contributed by atoms with Crippen LogP contribution < -0.4 is 11.2 Å². The molecule has 25 heavy (non-hydrogen) atoms. The van der Waals surface area contributed by atoms with Gasteiger partial charge in [-0.3, -0.25) is 15.4 Å². The minimum absolute atomic E-state index is 0.0454. The summed E-state index contributed by atoms with van der Waals surface area (Å²) < 4.78 is 0. The summed E-state index contributed by atoms with van der Waals surface area (Å²) in [5.41, 5.74) is 9.24. The van der Waals surface area contributed by atoms with Crippen LogP contribution in [0.1, 0.15) is 27.9 Å². The van der Waals surface area contributed by atoms with Crippen LogP contribution in [-0.4, -0.2) is 27.9 Å².